The summed E-state index contributed by atoms with van der Waals surface area (Å²) in [5.41, 5.74) is 0. The summed E-state index contributed by atoms with van der Waals surface area (Å²) in [6, 6.07) is 0. The number of aliphatic imine (C=N–C) groups is 1. The first-order chi connectivity index (χ1) is 6.90. The SMILES string of the molecule is BrCCCN1CN=C2C=CC=CN2C1. The molecule has 0 saturated carbocycles. The molecule has 0 aliphatic carbocycles. The molecule has 14 heavy (non-hydrogen) atoms. The van der Waals surface area contributed by atoms with Crippen molar-refractivity contribution in [1.82, 2.24) is 9.80 Å². The molecule has 0 radical (unpaired) electrons. The van der Waals surface area contributed by atoms with E-state index in [1.165, 1.54) is 6.42 Å². The zero-order valence-corrected chi connectivity index (χ0v) is 9.65. The van der Waals surface area contributed by atoms with E-state index < -0.39 is 0 Å². The van der Waals surface area contributed by atoms with Crippen LogP contribution in [0.25, 0.3) is 0 Å². The van der Waals surface area contributed by atoms with Crippen LogP contribution in [-0.2, 0) is 0 Å². The van der Waals surface area contributed by atoms with Crippen molar-refractivity contribution in [3.63, 3.8) is 0 Å². The topological polar surface area (TPSA) is 18.8 Å². The van der Waals surface area contributed by atoms with Gasteiger partial charge in [-0.15, -0.1) is 0 Å². The third-order valence-corrected chi connectivity index (χ3v) is 2.87. The van der Waals surface area contributed by atoms with E-state index in [1.54, 1.807) is 0 Å². The lowest BCUT2D eigenvalue weighted by Crippen LogP contribution is -2.43. The Labute approximate surface area is 92.9 Å². The summed E-state index contributed by atoms with van der Waals surface area (Å²) in [7, 11) is 0. The Bertz CT molecular complexity index is 283. The first-order valence-electron chi connectivity index (χ1n) is 4.84. The average molecular weight is 256 g/mol. The van der Waals surface area contributed by atoms with E-state index in [2.05, 4.69) is 43.0 Å². The third-order valence-electron chi connectivity index (χ3n) is 2.31. The van der Waals surface area contributed by atoms with Gasteiger partial charge in [0.05, 0.1) is 13.3 Å². The minimum Gasteiger partial charge on any atom is -0.320 e. The van der Waals surface area contributed by atoms with Gasteiger partial charge in [0.2, 0.25) is 0 Å². The smallest absolute Gasteiger partial charge is 0.129 e. The number of hydrogen-bond donors (Lipinski definition) is 0. The Morgan fingerprint density at radius 2 is 2.36 bits per heavy atom. The third kappa shape index (κ3) is 2.25. The predicted molar refractivity (Wildman–Crippen MR) is 62.4 cm³/mol. The van der Waals surface area contributed by atoms with Crippen molar-refractivity contribution in [3.8, 4) is 0 Å². The number of amidine groups is 1. The van der Waals surface area contributed by atoms with Crippen LogP contribution >= 0.6 is 15.9 Å². The Morgan fingerprint density at radius 1 is 1.43 bits per heavy atom. The highest BCUT2D eigenvalue weighted by molar-refractivity contribution is 9.09. The van der Waals surface area contributed by atoms with Crippen LogP contribution in [0.4, 0.5) is 0 Å². The summed E-state index contributed by atoms with van der Waals surface area (Å²) in [4.78, 5) is 9.02. The second kappa shape index (κ2) is 4.75. The molecule has 0 spiro atoms. The molecule has 0 fully saturated rings. The van der Waals surface area contributed by atoms with Crippen LogP contribution in [0, 0.1) is 0 Å². The summed E-state index contributed by atoms with van der Waals surface area (Å²) >= 11 is 3.44. The molecule has 0 bridgehead atoms. The maximum absolute atomic E-state index is 4.50. The lowest BCUT2D eigenvalue weighted by molar-refractivity contribution is 0.204. The second-order valence-corrected chi connectivity index (χ2v) is 4.20. The largest absolute Gasteiger partial charge is 0.320 e. The molecule has 0 aromatic rings. The molecule has 0 saturated heterocycles. The summed E-state index contributed by atoms with van der Waals surface area (Å²) in [5.74, 6) is 1.09. The highest BCUT2D eigenvalue weighted by atomic mass is 79.9. The highest BCUT2D eigenvalue weighted by Gasteiger charge is 2.17. The van der Waals surface area contributed by atoms with Gasteiger partial charge in [0, 0.05) is 18.1 Å². The number of allylic oxidation sites excluding steroid dienone is 2. The number of hydrogen-bond acceptors (Lipinski definition) is 3. The maximum atomic E-state index is 4.50. The van der Waals surface area contributed by atoms with Gasteiger partial charge in [0.1, 0.15) is 5.84 Å². The van der Waals surface area contributed by atoms with Crippen LogP contribution < -0.4 is 0 Å². The highest BCUT2D eigenvalue weighted by Crippen LogP contribution is 2.10. The van der Waals surface area contributed by atoms with E-state index in [-0.39, 0.29) is 0 Å². The molecule has 0 amide bonds. The number of halogens is 1. The molecule has 0 aromatic heterocycles. The van der Waals surface area contributed by atoms with Crippen molar-refractivity contribution < 1.29 is 0 Å². The molecule has 0 atom stereocenters. The molecule has 0 unspecified atom stereocenters. The molecular formula is C10H14BrN3. The van der Waals surface area contributed by atoms with Gasteiger partial charge in [-0.2, -0.15) is 0 Å². The lowest BCUT2D eigenvalue weighted by atomic mass is 10.3. The van der Waals surface area contributed by atoms with Crippen LogP contribution in [-0.4, -0.2) is 40.8 Å². The Kier molecular flexibility index (Phi) is 3.37. The van der Waals surface area contributed by atoms with Gasteiger partial charge in [-0.05, 0) is 18.6 Å². The van der Waals surface area contributed by atoms with Crippen molar-refractivity contribution in [2.24, 2.45) is 4.99 Å². The zero-order valence-electron chi connectivity index (χ0n) is 8.06. The second-order valence-electron chi connectivity index (χ2n) is 3.41. The summed E-state index contributed by atoms with van der Waals surface area (Å²) in [6.07, 6.45) is 9.40. The van der Waals surface area contributed by atoms with Gasteiger partial charge in [-0.3, -0.25) is 9.89 Å². The zero-order chi connectivity index (χ0) is 9.80. The fraction of sp³-hybridized carbons (Fsp3) is 0.500. The summed E-state index contributed by atoms with van der Waals surface area (Å²) in [6.45, 7) is 2.90. The van der Waals surface area contributed by atoms with E-state index in [4.69, 9.17) is 0 Å². The minimum atomic E-state index is 0.830. The van der Waals surface area contributed by atoms with E-state index >= 15 is 0 Å². The van der Waals surface area contributed by atoms with Crippen LogP contribution in [0.3, 0.4) is 0 Å². The van der Waals surface area contributed by atoms with Crippen molar-refractivity contribution in [1.29, 1.82) is 0 Å². The number of rotatable bonds is 3. The van der Waals surface area contributed by atoms with Gasteiger partial charge in [-0.1, -0.05) is 22.0 Å². The Morgan fingerprint density at radius 3 is 3.21 bits per heavy atom. The van der Waals surface area contributed by atoms with Crippen LogP contribution in [0.2, 0.25) is 0 Å². The van der Waals surface area contributed by atoms with Gasteiger partial charge in [0.25, 0.3) is 0 Å². The van der Waals surface area contributed by atoms with E-state index in [0.717, 1.165) is 31.0 Å². The molecule has 0 aromatic carbocycles. The maximum Gasteiger partial charge on any atom is 0.129 e. The van der Waals surface area contributed by atoms with Crippen molar-refractivity contribution in [2.75, 3.05) is 25.2 Å². The lowest BCUT2D eigenvalue weighted by Gasteiger charge is -2.33. The molecule has 2 aliphatic heterocycles. The van der Waals surface area contributed by atoms with E-state index in [1.807, 2.05) is 12.2 Å². The van der Waals surface area contributed by atoms with Crippen molar-refractivity contribution in [3.05, 3.63) is 24.4 Å². The van der Waals surface area contributed by atoms with Gasteiger partial charge >= 0.3 is 0 Å². The molecule has 2 aliphatic rings. The first-order valence-corrected chi connectivity index (χ1v) is 5.96. The quantitative estimate of drug-likeness (QED) is 0.717. The molecule has 76 valence electrons. The average Bonchev–Trinajstić information content (AvgIpc) is 2.26. The summed E-state index contributed by atoms with van der Waals surface area (Å²) in [5, 5.41) is 1.07. The fourth-order valence-electron chi connectivity index (χ4n) is 1.59. The predicted octanol–water partition coefficient (Wildman–Crippen LogP) is 1.79. The van der Waals surface area contributed by atoms with Gasteiger partial charge in [0.15, 0.2) is 0 Å². The van der Waals surface area contributed by atoms with Gasteiger partial charge in [-0.25, -0.2) is 0 Å². The van der Waals surface area contributed by atoms with E-state index in [9.17, 15) is 0 Å². The molecule has 3 nitrogen and oxygen atoms in total. The Balaban J connectivity index is 1.94. The first kappa shape index (κ1) is 9.93. The minimum absolute atomic E-state index is 0.830. The van der Waals surface area contributed by atoms with Crippen molar-refractivity contribution in [2.45, 2.75) is 6.42 Å². The standard InChI is InChI=1S/C10H14BrN3/c11-5-3-6-13-8-12-10-4-1-2-7-14(10)9-13/h1-2,4,7H,3,5-6,8-9H2. The Hall–Kier alpha value is -0.610. The summed E-state index contributed by atoms with van der Waals surface area (Å²) < 4.78 is 0. The van der Waals surface area contributed by atoms with Crippen LogP contribution in [0.15, 0.2) is 29.4 Å². The molecule has 2 rings (SSSR count). The normalized spacial score (nSPS) is 20.9. The van der Waals surface area contributed by atoms with Crippen molar-refractivity contribution >= 4 is 21.8 Å². The van der Waals surface area contributed by atoms with Crippen LogP contribution in [0.5, 0.6) is 0 Å². The van der Waals surface area contributed by atoms with Gasteiger partial charge < -0.3 is 4.90 Å². The number of nitrogens with zero attached hydrogens (tertiary/aromatic N) is 3. The molecule has 0 N–H and O–H groups in total. The molecule has 4 heteroatoms. The number of alkyl halides is 1. The van der Waals surface area contributed by atoms with Crippen LogP contribution in [0.1, 0.15) is 6.42 Å². The number of fused-ring (bicyclic) bond motifs is 1. The monoisotopic (exact) mass is 255 g/mol. The molecular weight excluding hydrogens is 242 g/mol. The molecule has 2 heterocycles. The van der Waals surface area contributed by atoms with E-state index in [0.29, 0.717) is 0 Å². The fourth-order valence-corrected chi connectivity index (χ4v) is 1.84.